The number of ether oxygens (including phenoxy) is 2. The van der Waals surface area contributed by atoms with Crippen LogP contribution in [0.2, 0.25) is 10.0 Å². The molecular formula is C20H22Cl2O2. The van der Waals surface area contributed by atoms with Crippen molar-refractivity contribution < 1.29 is 9.47 Å². The molecule has 3 rings (SSSR count). The van der Waals surface area contributed by atoms with Crippen LogP contribution in [0.15, 0.2) is 30.3 Å². The van der Waals surface area contributed by atoms with Crippen LogP contribution in [0.1, 0.15) is 62.3 Å². The number of fused-ring (bicyclic) bond motifs is 1. The molecule has 128 valence electrons. The Kier molecular flexibility index (Phi) is 5.10. The maximum atomic E-state index is 6.35. The van der Waals surface area contributed by atoms with Crippen molar-refractivity contribution in [1.29, 1.82) is 0 Å². The Morgan fingerprint density at radius 2 is 1.75 bits per heavy atom. The summed E-state index contributed by atoms with van der Waals surface area (Å²) >= 11 is 12.5. The average Bonchev–Trinajstić information content (AvgIpc) is 2.50. The summed E-state index contributed by atoms with van der Waals surface area (Å²) in [7, 11) is 0. The molecule has 2 atom stereocenters. The predicted octanol–water partition coefficient (Wildman–Crippen LogP) is 7.10. The summed E-state index contributed by atoms with van der Waals surface area (Å²) < 4.78 is 12.2. The summed E-state index contributed by atoms with van der Waals surface area (Å²) in [6, 6.07) is 9.66. The number of hydrogen-bond donors (Lipinski definition) is 0. The van der Waals surface area contributed by atoms with E-state index in [0.717, 1.165) is 22.6 Å². The summed E-state index contributed by atoms with van der Waals surface area (Å²) in [5, 5.41) is 1.33. The van der Waals surface area contributed by atoms with E-state index in [0.29, 0.717) is 28.5 Å². The molecule has 0 bridgehead atoms. The first kappa shape index (κ1) is 17.6. The molecular weight excluding hydrogens is 343 g/mol. The molecule has 4 heteroatoms. The van der Waals surface area contributed by atoms with Gasteiger partial charge in [0, 0.05) is 21.5 Å². The largest absolute Gasteiger partial charge is 0.457 e. The van der Waals surface area contributed by atoms with Crippen molar-refractivity contribution in [2.45, 2.75) is 45.6 Å². The van der Waals surface area contributed by atoms with Crippen molar-refractivity contribution in [3.63, 3.8) is 0 Å². The molecule has 0 aromatic heterocycles. The lowest BCUT2D eigenvalue weighted by Crippen LogP contribution is -2.18. The van der Waals surface area contributed by atoms with Crippen LogP contribution in [0.4, 0.5) is 0 Å². The van der Waals surface area contributed by atoms with Crippen LogP contribution < -0.4 is 4.74 Å². The third-order valence-corrected chi connectivity index (χ3v) is 4.94. The molecule has 0 amide bonds. The highest BCUT2D eigenvalue weighted by Crippen LogP contribution is 2.44. The summed E-state index contributed by atoms with van der Waals surface area (Å²) in [6.07, 6.45) is -0.0230. The standard InChI is InChI=1S/C20H22Cl2O2/c1-11(2)16-6-5-14(21)8-18(16)24-19-9-15(22)7-17-12(3)10-23-13(4)20(17)19/h5-9,11-13H,10H2,1-4H3. The van der Waals surface area contributed by atoms with Gasteiger partial charge >= 0.3 is 0 Å². The topological polar surface area (TPSA) is 18.5 Å². The highest BCUT2D eigenvalue weighted by molar-refractivity contribution is 6.31. The smallest absolute Gasteiger partial charge is 0.135 e. The number of benzene rings is 2. The summed E-state index contributed by atoms with van der Waals surface area (Å²) in [4.78, 5) is 0. The SMILES string of the molecule is CC(C)c1ccc(Cl)cc1Oc1cc(Cl)cc2c1C(C)OCC2C. The molecule has 0 saturated heterocycles. The minimum Gasteiger partial charge on any atom is -0.457 e. The molecule has 2 aromatic carbocycles. The summed E-state index contributed by atoms with van der Waals surface area (Å²) in [6.45, 7) is 9.16. The Hall–Kier alpha value is -1.22. The van der Waals surface area contributed by atoms with E-state index >= 15 is 0 Å². The van der Waals surface area contributed by atoms with Crippen LogP contribution in [0.25, 0.3) is 0 Å². The fraction of sp³-hybridized carbons (Fsp3) is 0.400. The van der Waals surface area contributed by atoms with Crippen molar-refractivity contribution in [2.75, 3.05) is 6.61 Å². The zero-order valence-electron chi connectivity index (χ0n) is 14.4. The van der Waals surface area contributed by atoms with Gasteiger partial charge in [-0.1, -0.05) is 50.0 Å². The average molecular weight is 365 g/mol. The van der Waals surface area contributed by atoms with E-state index in [-0.39, 0.29) is 6.10 Å². The Balaban J connectivity index is 2.10. The maximum Gasteiger partial charge on any atom is 0.135 e. The first-order valence-electron chi connectivity index (χ1n) is 8.29. The normalized spacial score (nSPS) is 20.1. The molecule has 0 fully saturated rings. The van der Waals surface area contributed by atoms with E-state index in [2.05, 4.69) is 20.8 Å². The van der Waals surface area contributed by atoms with Crippen LogP contribution in [-0.4, -0.2) is 6.61 Å². The number of rotatable bonds is 3. The number of hydrogen-bond acceptors (Lipinski definition) is 2. The van der Waals surface area contributed by atoms with E-state index in [1.165, 1.54) is 5.56 Å². The molecule has 0 spiro atoms. The van der Waals surface area contributed by atoms with Crippen LogP contribution in [0.3, 0.4) is 0 Å². The molecule has 2 unspecified atom stereocenters. The van der Waals surface area contributed by atoms with E-state index in [1.807, 2.05) is 37.3 Å². The van der Waals surface area contributed by atoms with Crippen molar-refractivity contribution in [3.8, 4) is 11.5 Å². The van der Waals surface area contributed by atoms with Gasteiger partial charge in [0.15, 0.2) is 0 Å². The monoisotopic (exact) mass is 364 g/mol. The van der Waals surface area contributed by atoms with E-state index in [9.17, 15) is 0 Å². The Bertz CT molecular complexity index is 756. The maximum absolute atomic E-state index is 6.35. The highest BCUT2D eigenvalue weighted by atomic mass is 35.5. The summed E-state index contributed by atoms with van der Waals surface area (Å²) in [5.74, 6) is 2.15. The highest BCUT2D eigenvalue weighted by Gasteiger charge is 2.27. The van der Waals surface area contributed by atoms with Crippen molar-refractivity contribution >= 4 is 23.2 Å². The third-order valence-electron chi connectivity index (χ3n) is 4.49. The molecule has 2 aromatic rings. The molecule has 0 N–H and O–H groups in total. The van der Waals surface area contributed by atoms with Gasteiger partial charge in [-0.15, -0.1) is 0 Å². The Labute approximate surface area is 153 Å². The molecule has 0 radical (unpaired) electrons. The van der Waals surface area contributed by atoms with Gasteiger partial charge in [0.1, 0.15) is 11.5 Å². The first-order chi connectivity index (χ1) is 11.4. The number of halogens is 2. The lowest BCUT2D eigenvalue weighted by Gasteiger charge is -2.30. The van der Waals surface area contributed by atoms with Crippen LogP contribution in [0.5, 0.6) is 11.5 Å². The van der Waals surface area contributed by atoms with Gasteiger partial charge in [-0.2, -0.15) is 0 Å². The van der Waals surface area contributed by atoms with Crippen LogP contribution >= 0.6 is 23.2 Å². The predicted molar refractivity (Wildman–Crippen MR) is 99.8 cm³/mol. The quantitative estimate of drug-likeness (QED) is 0.577. The zero-order chi connectivity index (χ0) is 17.4. The molecule has 1 aliphatic rings. The third kappa shape index (κ3) is 3.42. The van der Waals surface area contributed by atoms with Crippen LogP contribution in [-0.2, 0) is 4.74 Å². The van der Waals surface area contributed by atoms with Crippen molar-refractivity contribution in [2.24, 2.45) is 0 Å². The fourth-order valence-electron chi connectivity index (χ4n) is 3.19. The van der Waals surface area contributed by atoms with Gasteiger partial charge in [0.2, 0.25) is 0 Å². The van der Waals surface area contributed by atoms with E-state index in [4.69, 9.17) is 32.7 Å². The Morgan fingerprint density at radius 3 is 2.46 bits per heavy atom. The zero-order valence-corrected chi connectivity index (χ0v) is 15.9. The van der Waals surface area contributed by atoms with Crippen molar-refractivity contribution in [1.82, 2.24) is 0 Å². The van der Waals surface area contributed by atoms with Crippen LogP contribution in [0, 0.1) is 0 Å². The molecule has 24 heavy (non-hydrogen) atoms. The molecule has 1 heterocycles. The van der Waals surface area contributed by atoms with Gasteiger partial charge in [0.05, 0.1) is 12.7 Å². The van der Waals surface area contributed by atoms with Gasteiger partial charge in [-0.25, -0.2) is 0 Å². The van der Waals surface area contributed by atoms with Crippen molar-refractivity contribution in [3.05, 3.63) is 57.1 Å². The summed E-state index contributed by atoms with van der Waals surface area (Å²) in [5.41, 5.74) is 3.39. The molecule has 0 aliphatic carbocycles. The lowest BCUT2D eigenvalue weighted by atomic mass is 9.90. The van der Waals surface area contributed by atoms with E-state index < -0.39 is 0 Å². The van der Waals surface area contributed by atoms with Gasteiger partial charge in [0.25, 0.3) is 0 Å². The van der Waals surface area contributed by atoms with Gasteiger partial charge in [-0.05, 0) is 48.2 Å². The minimum atomic E-state index is -0.0230. The first-order valence-corrected chi connectivity index (χ1v) is 9.04. The molecule has 0 saturated carbocycles. The second kappa shape index (κ2) is 6.95. The van der Waals surface area contributed by atoms with Gasteiger partial charge in [-0.3, -0.25) is 0 Å². The lowest BCUT2D eigenvalue weighted by molar-refractivity contribution is 0.0414. The molecule has 2 nitrogen and oxygen atoms in total. The van der Waals surface area contributed by atoms with Gasteiger partial charge < -0.3 is 9.47 Å². The second-order valence-electron chi connectivity index (χ2n) is 6.72. The second-order valence-corrected chi connectivity index (χ2v) is 7.60. The molecule has 1 aliphatic heterocycles. The fourth-order valence-corrected chi connectivity index (χ4v) is 3.57. The Morgan fingerprint density at radius 1 is 1.04 bits per heavy atom. The van der Waals surface area contributed by atoms with E-state index in [1.54, 1.807) is 0 Å². The minimum absolute atomic E-state index is 0.0230.